The fourth-order valence-electron chi connectivity index (χ4n) is 5.01. The van der Waals surface area contributed by atoms with Crippen LogP contribution >= 0.6 is 0 Å². The summed E-state index contributed by atoms with van der Waals surface area (Å²) in [6.07, 6.45) is 1.58. The molecule has 0 amide bonds. The lowest BCUT2D eigenvalue weighted by molar-refractivity contribution is -0.384. The van der Waals surface area contributed by atoms with Crippen LogP contribution in [0.25, 0.3) is 22.3 Å². The number of ether oxygens (including phenoxy) is 3. The van der Waals surface area contributed by atoms with Gasteiger partial charge in [0.25, 0.3) is 11.2 Å². The van der Waals surface area contributed by atoms with Gasteiger partial charge in [0.05, 0.1) is 35.8 Å². The molecule has 0 N–H and O–H groups in total. The molecule has 230 valence electrons. The van der Waals surface area contributed by atoms with Crippen LogP contribution in [-0.4, -0.2) is 34.5 Å². The summed E-state index contributed by atoms with van der Waals surface area (Å²) in [4.78, 5) is 29.4. The molecule has 0 radical (unpaired) electrons. The van der Waals surface area contributed by atoms with E-state index in [0.29, 0.717) is 46.0 Å². The number of nitro groups is 1. The SMILES string of the molecule is CCOc1cc(C=Nn2c(-c3cc(C(C)C)c(OC)cc3C)nc3ccccc3c2=O)ccc1OCc1cccc([N+](=O)[O-])c1. The minimum atomic E-state index is -0.440. The Labute approximate surface area is 260 Å². The normalized spacial score (nSPS) is 11.3. The number of rotatable bonds is 11. The van der Waals surface area contributed by atoms with Crippen molar-refractivity contribution in [1.29, 1.82) is 0 Å². The van der Waals surface area contributed by atoms with E-state index < -0.39 is 4.92 Å². The molecule has 0 unspecified atom stereocenters. The predicted molar refractivity (Wildman–Crippen MR) is 175 cm³/mol. The minimum absolute atomic E-state index is 0.00394. The van der Waals surface area contributed by atoms with Gasteiger partial charge in [0.2, 0.25) is 0 Å². The summed E-state index contributed by atoms with van der Waals surface area (Å²) < 4.78 is 18.8. The van der Waals surface area contributed by atoms with E-state index in [4.69, 9.17) is 19.2 Å². The molecular formula is C35H34N4O6. The highest BCUT2D eigenvalue weighted by atomic mass is 16.6. The number of fused-ring (bicyclic) bond motifs is 1. The summed E-state index contributed by atoms with van der Waals surface area (Å²) in [6.45, 7) is 8.50. The van der Waals surface area contributed by atoms with Gasteiger partial charge in [-0.3, -0.25) is 14.9 Å². The van der Waals surface area contributed by atoms with E-state index in [1.807, 2.05) is 38.1 Å². The van der Waals surface area contributed by atoms with Crippen LogP contribution in [0.5, 0.6) is 17.2 Å². The molecule has 5 rings (SSSR count). The number of methoxy groups -OCH3 is 1. The monoisotopic (exact) mass is 606 g/mol. The molecule has 4 aromatic carbocycles. The summed E-state index contributed by atoms with van der Waals surface area (Å²) in [5.74, 6) is 2.32. The molecule has 5 aromatic rings. The Hall–Kier alpha value is -5.51. The van der Waals surface area contributed by atoms with Crippen LogP contribution in [0.3, 0.4) is 0 Å². The molecule has 0 fully saturated rings. The van der Waals surface area contributed by atoms with Gasteiger partial charge in [-0.2, -0.15) is 9.78 Å². The third-order valence-corrected chi connectivity index (χ3v) is 7.30. The molecule has 0 atom stereocenters. The average molecular weight is 607 g/mol. The molecule has 1 heterocycles. The standard InChI is InChI=1S/C35H34N4O6/c1-6-44-33-18-24(14-15-31(33)45-21-25-10-9-11-26(17-25)39(41)42)20-36-38-34(37-30-13-8-7-12-27(30)35(38)40)29-19-28(22(2)3)32(43-5)16-23(29)4/h7-20,22H,6,21H2,1-5H3. The Morgan fingerprint density at radius 2 is 1.78 bits per heavy atom. The summed E-state index contributed by atoms with van der Waals surface area (Å²) in [5, 5.41) is 16.2. The summed E-state index contributed by atoms with van der Waals surface area (Å²) in [5.41, 5.74) is 4.27. The molecule has 0 saturated heterocycles. The fourth-order valence-corrected chi connectivity index (χ4v) is 5.01. The van der Waals surface area contributed by atoms with E-state index in [1.54, 1.807) is 55.8 Å². The van der Waals surface area contributed by atoms with E-state index in [2.05, 4.69) is 18.9 Å². The highest BCUT2D eigenvalue weighted by Gasteiger charge is 2.18. The van der Waals surface area contributed by atoms with Crippen molar-refractivity contribution in [2.45, 2.75) is 40.2 Å². The number of hydrogen-bond donors (Lipinski definition) is 0. The lowest BCUT2D eigenvalue weighted by Gasteiger charge is -2.17. The fraction of sp³-hybridized carbons (Fsp3) is 0.229. The first kappa shape index (κ1) is 30.9. The number of para-hydroxylation sites is 1. The van der Waals surface area contributed by atoms with Crippen molar-refractivity contribution in [2.75, 3.05) is 13.7 Å². The molecule has 10 nitrogen and oxygen atoms in total. The minimum Gasteiger partial charge on any atom is -0.496 e. The van der Waals surface area contributed by atoms with E-state index in [1.165, 1.54) is 16.8 Å². The number of non-ortho nitro benzene ring substituents is 1. The highest BCUT2D eigenvalue weighted by molar-refractivity contribution is 5.83. The van der Waals surface area contributed by atoms with Crippen LogP contribution in [0.1, 0.15) is 48.9 Å². The van der Waals surface area contributed by atoms with Crippen molar-refractivity contribution in [2.24, 2.45) is 5.10 Å². The Morgan fingerprint density at radius 1 is 0.978 bits per heavy atom. The summed E-state index contributed by atoms with van der Waals surface area (Å²) >= 11 is 0. The Balaban J connectivity index is 1.54. The molecule has 45 heavy (non-hydrogen) atoms. The van der Waals surface area contributed by atoms with Gasteiger partial charge < -0.3 is 14.2 Å². The maximum Gasteiger partial charge on any atom is 0.282 e. The van der Waals surface area contributed by atoms with Crippen LogP contribution in [0.15, 0.2) is 88.8 Å². The molecule has 10 heteroatoms. The van der Waals surface area contributed by atoms with Crippen LogP contribution in [0.4, 0.5) is 5.69 Å². The predicted octanol–water partition coefficient (Wildman–Crippen LogP) is 7.27. The third kappa shape index (κ3) is 6.70. The number of benzene rings is 4. The highest BCUT2D eigenvalue weighted by Crippen LogP contribution is 2.34. The number of hydrogen-bond acceptors (Lipinski definition) is 8. The van der Waals surface area contributed by atoms with E-state index in [9.17, 15) is 14.9 Å². The Bertz CT molecular complexity index is 1960. The van der Waals surface area contributed by atoms with E-state index in [0.717, 1.165) is 22.4 Å². The van der Waals surface area contributed by atoms with Crippen molar-refractivity contribution >= 4 is 22.8 Å². The first-order chi connectivity index (χ1) is 21.7. The topological polar surface area (TPSA) is 118 Å². The Kier molecular flexibility index (Phi) is 9.22. The van der Waals surface area contributed by atoms with Gasteiger partial charge in [-0.15, -0.1) is 0 Å². The average Bonchev–Trinajstić information content (AvgIpc) is 3.03. The van der Waals surface area contributed by atoms with Crippen LogP contribution < -0.4 is 19.8 Å². The lowest BCUT2D eigenvalue weighted by Crippen LogP contribution is -2.20. The van der Waals surface area contributed by atoms with Crippen molar-refractivity contribution in [3.63, 3.8) is 0 Å². The van der Waals surface area contributed by atoms with Gasteiger partial charge in [0, 0.05) is 17.7 Å². The Morgan fingerprint density at radius 3 is 2.51 bits per heavy atom. The zero-order valence-electron chi connectivity index (χ0n) is 25.8. The first-order valence-corrected chi connectivity index (χ1v) is 14.6. The summed E-state index contributed by atoms with van der Waals surface area (Å²) in [6, 6.07) is 22.8. The zero-order valence-corrected chi connectivity index (χ0v) is 25.8. The van der Waals surface area contributed by atoms with Crippen molar-refractivity contribution < 1.29 is 19.1 Å². The molecular weight excluding hydrogens is 572 g/mol. The molecule has 0 aliphatic rings. The third-order valence-electron chi connectivity index (χ3n) is 7.30. The first-order valence-electron chi connectivity index (χ1n) is 14.6. The quantitative estimate of drug-likeness (QED) is 0.0881. The second-order valence-electron chi connectivity index (χ2n) is 10.7. The van der Waals surface area contributed by atoms with Crippen LogP contribution in [0.2, 0.25) is 0 Å². The van der Waals surface area contributed by atoms with Crippen LogP contribution in [-0.2, 0) is 6.61 Å². The van der Waals surface area contributed by atoms with E-state index in [-0.39, 0.29) is 23.8 Å². The summed E-state index contributed by atoms with van der Waals surface area (Å²) in [7, 11) is 1.65. The maximum absolute atomic E-state index is 13.8. The second-order valence-corrected chi connectivity index (χ2v) is 10.7. The van der Waals surface area contributed by atoms with Gasteiger partial charge in [-0.05, 0) is 84.5 Å². The van der Waals surface area contributed by atoms with Gasteiger partial charge in [0.1, 0.15) is 12.4 Å². The smallest absolute Gasteiger partial charge is 0.282 e. The molecule has 0 bridgehead atoms. The number of aromatic nitrogens is 2. The molecule has 0 spiro atoms. The van der Waals surface area contributed by atoms with Gasteiger partial charge in [-0.25, -0.2) is 4.98 Å². The number of nitro benzene ring substituents is 1. The molecule has 0 aliphatic heterocycles. The molecule has 1 aromatic heterocycles. The maximum atomic E-state index is 13.8. The van der Waals surface area contributed by atoms with Gasteiger partial charge in [0.15, 0.2) is 17.3 Å². The second kappa shape index (κ2) is 13.4. The van der Waals surface area contributed by atoms with Gasteiger partial charge in [-0.1, -0.05) is 38.1 Å². The van der Waals surface area contributed by atoms with Crippen LogP contribution in [0, 0.1) is 17.0 Å². The zero-order chi connectivity index (χ0) is 32.1. The largest absolute Gasteiger partial charge is 0.496 e. The number of nitrogens with zero attached hydrogens (tertiary/aromatic N) is 4. The van der Waals surface area contributed by atoms with Crippen molar-refractivity contribution in [3.05, 3.63) is 122 Å². The van der Waals surface area contributed by atoms with Crippen molar-refractivity contribution in [3.8, 4) is 28.6 Å². The molecule has 0 saturated carbocycles. The molecule has 0 aliphatic carbocycles. The van der Waals surface area contributed by atoms with E-state index >= 15 is 0 Å². The number of aryl methyl sites for hydroxylation is 1. The lowest BCUT2D eigenvalue weighted by atomic mass is 9.96. The van der Waals surface area contributed by atoms with Gasteiger partial charge >= 0.3 is 0 Å². The van der Waals surface area contributed by atoms with Crippen molar-refractivity contribution in [1.82, 2.24) is 9.66 Å².